The van der Waals surface area contributed by atoms with Crippen molar-refractivity contribution in [1.82, 2.24) is 9.97 Å². The third-order valence-electron chi connectivity index (χ3n) is 3.09. The van der Waals surface area contributed by atoms with Gasteiger partial charge in [-0.3, -0.25) is 10.1 Å². The predicted molar refractivity (Wildman–Crippen MR) is 94.8 cm³/mol. The van der Waals surface area contributed by atoms with Crippen molar-refractivity contribution in [3.8, 4) is 11.3 Å². The molecule has 0 aliphatic heterocycles. The summed E-state index contributed by atoms with van der Waals surface area (Å²) < 4.78 is 1.03. The first-order valence-corrected chi connectivity index (χ1v) is 8.98. The lowest BCUT2D eigenvalue weighted by Gasteiger charge is -2.00. The molecule has 1 aromatic carbocycles. The van der Waals surface area contributed by atoms with E-state index in [1.807, 2.05) is 38.1 Å². The molecule has 0 spiro atoms. The van der Waals surface area contributed by atoms with Crippen LogP contribution >= 0.6 is 38.6 Å². The summed E-state index contributed by atoms with van der Waals surface area (Å²) in [6, 6.07) is 7.97. The number of thiazole rings is 2. The Morgan fingerprint density at radius 1 is 1.23 bits per heavy atom. The largest absolute Gasteiger partial charge is 0.297 e. The maximum atomic E-state index is 12.2. The van der Waals surface area contributed by atoms with E-state index < -0.39 is 0 Å². The summed E-state index contributed by atoms with van der Waals surface area (Å²) in [5.41, 5.74) is 4.34. The van der Waals surface area contributed by atoms with Crippen LogP contribution in [0, 0.1) is 13.8 Å². The molecule has 112 valence electrons. The zero-order valence-electron chi connectivity index (χ0n) is 11.9. The molecule has 7 heteroatoms. The van der Waals surface area contributed by atoms with E-state index in [1.54, 1.807) is 5.51 Å². The monoisotopic (exact) mass is 393 g/mol. The molecule has 0 atom stereocenters. The second-order valence-electron chi connectivity index (χ2n) is 4.65. The fourth-order valence-corrected chi connectivity index (χ4v) is 3.79. The third kappa shape index (κ3) is 3.11. The summed E-state index contributed by atoms with van der Waals surface area (Å²) in [5.74, 6) is -0.156. The lowest BCUT2D eigenvalue weighted by Crippen LogP contribution is -2.11. The number of rotatable bonds is 3. The van der Waals surface area contributed by atoms with Crippen LogP contribution in [-0.4, -0.2) is 15.9 Å². The van der Waals surface area contributed by atoms with Gasteiger partial charge in [0.25, 0.3) is 5.91 Å². The number of amides is 1. The average molecular weight is 394 g/mol. The van der Waals surface area contributed by atoms with E-state index in [0.29, 0.717) is 10.0 Å². The highest BCUT2D eigenvalue weighted by Crippen LogP contribution is 2.31. The molecule has 2 aromatic heterocycles. The first-order chi connectivity index (χ1) is 10.5. The number of nitrogens with one attached hydrogen (secondary N) is 1. The van der Waals surface area contributed by atoms with E-state index >= 15 is 0 Å². The Labute approximate surface area is 144 Å². The highest BCUT2D eigenvalue weighted by atomic mass is 79.9. The smallest absolute Gasteiger partial charge is 0.269 e. The van der Waals surface area contributed by atoms with Crippen molar-refractivity contribution < 1.29 is 4.79 Å². The fourth-order valence-electron chi connectivity index (χ4n) is 2.00. The molecule has 3 rings (SSSR count). The number of anilines is 1. The second-order valence-corrected chi connectivity index (χ2v) is 7.63. The quantitative estimate of drug-likeness (QED) is 0.688. The first kappa shape index (κ1) is 15.3. The topological polar surface area (TPSA) is 54.9 Å². The van der Waals surface area contributed by atoms with Crippen LogP contribution in [-0.2, 0) is 0 Å². The molecule has 1 N–H and O–H groups in total. The normalized spacial score (nSPS) is 10.7. The molecule has 2 heterocycles. The van der Waals surface area contributed by atoms with Gasteiger partial charge in [-0.2, -0.15) is 0 Å². The summed E-state index contributed by atoms with van der Waals surface area (Å²) in [6.07, 6.45) is 0. The van der Waals surface area contributed by atoms with Crippen LogP contribution in [0.5, 0.6) is 0 Å². The van der Waals surface area contributed by atoms with Crippen molar-refractivity contribution >= 4 is 49.6 Å². The summed E-state index contributed by atoms with van der Waals surface area (Å²) >= 11 is 6.23. The van der Waals surface area contributed by atoms with Crippen LogP contribution in [0.25, 0.3) is 11.3 Å². The van der Waals surface area contributed by atoms with Gasteiger partial charge in [0.2, 0.25) is 0 Å². The number of carbonyl (C=O) groups excluding carboxylic acids is 1. The molecule has 1 amide bonds. The Balaban J connectivity index is 1.85. The minimum absolute atomic E-state index is 0.156. The average Bonchev–Trinajstić information content (AvgIpc) is 3.06. The molecule has 0 aliphatic carbocycles. The highest BCUT2D eigenvalue weighted by molar-refractivity contribution is 9.10. The summed E-state index contributed by atoms with van der Waals surface area (Å²) in [4.78, 5) is 22.5. The SMILES string of the molecule is Cc1ncsc1C(=O)Nc1nc(-c2ccc(Br)cc2)c(C)s1. The van der Waals surface area contributed by atoms with Crippen LogP contribution in [0.4, 0.5) is 5.13 Å². The van der Waals surface area contributed by atoms with E-state index in [0.717, 1.165) is 26.3 Å². The molecular formula is C15H12BrN3OS2. The molecular weight excluding hydrogens is 382 g/mol. The summed E-state index contributed by atoms with van der Waals surface area (Å²) in [6.45, 7) is 3.83. The number of aromatic nitrogens is 2. The third-order valence-corrected chi connectivity index (χ3v) is 5.43. The van der Waals surface area contributed by atoms with Gasteiger partial charge >= 0.3 is 0 Å². The highest BCUT2D eigenvalue weighted by Gasteiger charge is 2.16. The molecule has 0 fully saturated rings. The molecule has 4 nitrogen and oxygen atoms in total. The molecule has 22 heavy (non-hydrogen) atoms. The van der Waals surface area contributed by atoms with Gasteiger partial charge in [-0.15, -0.1) is 22.7 Å². The molecule has 0 radical (unpaired) electrons. The lowest BCUT2D eigenvalue weighted by molar-refractivity contribution is 0.103. The van der Waals surface area contributed by atoms with Crippen LogP contribution in [0.1, 0.15) is 20.2 Å². The van der Waals surface area contributed by atoms with Gasteiger partial charge in [-0.1, -0.05) is 28.1 Å². The van der Waals surface area contributed by atoms with Crippen LogP contribution in [0.2, 0.25) is 0 Å². The number of nitrogens with zero attached hydrogens (tertiary/aromatic N) is 2. The number of carbonyl (C=O) groups is 1. The lowest BCUT2D eigenvalue weighted by atomic mass is 10.1. The van der Waals surface area contributed by atoms with Gasteiger partial charge in [0.15, 0.2) is 5.13 Å². The Kier molecular flexibility index (Phi) is 4.37. The molecule has 0 aliphatic rings. The maximum absolute atomic E-state index is 12.2. The van der Waals surface area contributed by atoms with Crippen molar-refractivity contribution in [2.45, 2.75) is 13.8 Å². The van der Waals surface area contributed by atoms with Crippen LogP contribution in [0.15, 0.2) is 34.2 Å². The number of aryl methyl sites for hydroxylation is 2. The summed E-state index contributed by atoms with van der Waals surface area (Å²) in [7, 11) is 0. The number of hydrogen-bond donors (Lipinski definition) is 1. The van der Waals surface area contributed by atoms with Crippen LogP contribution < -0.4 is 5.32 Å². The van der Waals surface area contributed by atoms with Gasteiger partial charge in [-0.25, -0.2) is 9.97 Å². The standard InChI is InChI=1S/C15H12BrN3OS2/c1-8-13(21-7-17-8)14(20)19-15-18-12(9(2)22-15)10-3-5-11(16)6-4-10/h3-7H,1-2H3,(H,18,19,20). The van der Waals surface area contributed by atoms with Crippen molar-refractivity contribution in [1.29, 1.82) is 0 Å². The predicted octanol–water partition coefficient (Wildman–Crippen LogP) is 4.90. The van der Waals surface area contributed by atoms with Crippen molar-refractivity contribution in [2.24, 2.45) is 0 Å². The summed E-state index contributed by atoms with van der Waals surface area (Å²) in [5, 5.41) is 3.46. The van der Waals surface area contributed by atoms with Gasteiger partial charge in [0.1, 0.15) is 4.88 Å². The fraction of sp³-hybridized carbons (Fsp3) is 0.133. The van der Waals surface area contributed by atoms with Gasteiger partial charge in [0, 0.05) is 14.9 Å². The molecule has 0 saturated carbocycles. The van der Waals surface area contributed by atoms with Crippen molar-refractivity contribution in [2.75, 3.05) is 5.32 Å². The van der Waals surface area contributed by atoms with E-state index in [4.69, 9.17) is 0 Å². The van der Waals surface area contributed by atoms with E-state index in [2.05, 4.69) is 31.2 Å². The van der Waals surface area contributed by atoms with Crippen molar-refractivity contribution in [3.05, 3.63) is 49.7 Å². The number of hydrogen-bond acceptors (Lipinski definition) is 5. The van der Waals surface area contributed by atoms with E-state index in [9.17, 15) is 4.79 Å². The van der Waals surface area contributed by atoms with E-state index in [1.165, 1.54) is 22.7 Å². The molecule has 0 unspecified atom stereocenters. The van der Waals surface area contributed by atoms with Crippen LogP contribution in [0.3, 0.4) is 0 Å². The Hall–Kier alpha value is -1.57. The maximum Gasteiger partial charge on any atom is 0.269 e. The zero-order valence-corrected chi connectivity index (χ0v) is 15.1. The Morgan fingerprint density at radius 3 is 2.59 bits per heavy atom. The second kappa shape index (κ2) is 6.28. The van der Waals surface area contributed by atoms with Gasteiger partial charge in [0.05, 0.1) is 16.9 Å². The minimum atomic E-state index is -0.156. The van der Waals surface area contributed by atoms with Gasteiger partial charge < -0.3 is 0 Å². The molecule has 0 saturated heterocycles. The van der Waals surface area contributed by atoms with Crippen molar-refractivity contribution in [3.63, 3.8) is 0 Å². The Bertz CT molecular complexity index is 824. The zero-order chi connectivity index (χ0) is 15.7. The van der Waals surface area contributed by atoms with Gasteiger partial charge in [-0.05, 0) is 26.0 Å². The van der Waals surface area contributed by atoms with E-state index in [-0.39, 0.29) is 5.91 Å². The first-order valence-electron chi connectivity index (χ1n) is 6.49. The molecule has 3 aromatic rings. The number of halogens is 1. The number of benzene rings is 1. The minimum Gasteiger partial charge on any atom is -0.297 e. The Morgan fingerprint density at radius 2 is 1.95 bits per heavy atom. The molecule has 0 bridgehead atoms.